The Labute approximate surface area is 79.3 Å². The molecule has 3 heteroatoms. The lowest BCUT2D eigenvalue weighted by Gasteiger charge is -2.32. The lowest BCUT2D eigenvalue weighted by molar-refractivity contribution is 0.264. The Morgan fingerprint density at radius 2 is 2.25 bits per heavy atom. The highest BCUT2D eigenvalue weighted by Crippen LogP contribution is 2.44. The summed E-state index contributed by atoms with van der Waals surface area (Å²) in [7, 11) is 0. The average molecular weight is 226 g/mol. The van der Waals surface area contributed by atoms with Crippen LogP contribution in [0.2, 0.25) is 0 Å². The second-order valence-corrected chi connectivity index (χ2v) is 3.93. The quantitative estimate of drug-likeness (QED) is 0.737. The van der Waals surface area contributed by atoms with Crippen molar-refractivity contribution in [3.8, 4) is 6.07 Å². The third kappa shape index (κ3) is 0.987. The van der Waals surface area contributed by atoms with E-state index < -0.39 is 0 Å². The fourth-order valence-electron chi connectivity index (χ4n) is 1.52. The summed E-state index contributed by atoms with van der Waals surface area (Å²) in [5, 5.41) is 8.97. The summed E-state index contributed by atoms with van der Waals surface area (Å²) in [5.41, 5.74) is -0.313. The van der Waals surface area contributed by atoms with E-state index >= 15 is 0 Å². The van der Waals surface area contributed by atoms with Gasteiger partial charge in [0, 0.05) is 0 Å². The molecule has 0 aromatic carbocycles. The highest BCUT2D eigenvalue weighted by molar-refractivity contribution is 9.10. The number of hydrogen-bond acceptors (Lipinski definition) is 2. The molecule has 1 aliphatic carbocycles. The van der Waals surface area contributed by atoms with Crippen molar-refractivity contribution in [3.05, 3.63) is 22.6 Å². The Balaban J connectivity index is 2.35. The molecule has 0 spiro atoms. The third-order valence-corrected chi connectivity index (χ3v) is 2.89. The normalized spacial score (nSPS) is 19.7. The van der Waals surface area contributed by atoms with Gasteiger partial charge in [0.2, 0.25) is 0 Å². The largest absolute Gasteiger partial charge is 0.453 e. The van der Waals surface area contributed by atoms with E-state index in [1.165, 1.54) is 0 Å². The fourth-order valence-corrected chi connectivity index (χ4v) is 1.82. The molecule has 1 heterocycles. The molecule has 2 nitrogen and oxygen atoms in total. The van der Waals surface area contributed by atoms with Crippen LogP contribution < -0.4 is 0 Å². The van der Waals surface area contributed by atoms with Crippen molar-refractivity contribution in [2.45, 2.75) is 24.7 Å². The average Bonchev–Trinajstić information content (AvgIpc) is 2.35. The van der Waals surface area contributed by atoms with Crippen LogP contribution in [0.3, 0.4) is 0 Å². The number of hydrogen-bond donors (Lipinski definition) is 0. The van der Waals surface area contributed by atoms with Gasteiger partial charge in [0.15, 0.2) is 4.67 Å². The van der Waals surface area contributed by atoms with Gasteiger partial charge in [-0.3, -0.25) is 0 Å². The molecule has 0 unspecified atom stereocenters. The minimum absolute atomic E-state index is 0.313. The molecule has 2 rings (SSSR count). The van der Waals surface area contributed by atoms with E-state index in [9.17, 15) is 0 Å². The van der Waals surface area contributed by atoms with Gasteiger partial charge in [-0.2, -0.15) is 5.26 Å². The molecule has 1 aliphatic rings. The van der Waals surface area contributed by atoms with Crippen molar-refractivity contribution in [2.75, 3.05) is 0 Å². The van der Waals surface area contributed by atoms with Gasteiger partial charge in [-0.05, 0) is 47.3 Å². The first-order valence-electron chi connectivity index (χ1n) is 3.94. The summed E-state index contributed by atoms with van der Waals surface area (Å²) < 4.78 is 6.08. The summed E-state index contributed by atoms with van der Waals surface area (Å²) in [6, 6.07) is 6.05. The minimum atomic E-state index is -0.313. The number of nitriles is 1. The molecule has 0 saturated heterocycles. The third-order valence-electron chi connectivity index (χ3n) is 2.47. The molecule has 0 bridgehead atoms. The molecular formula is C9H8BrNO. The van der Waals surface area contributed by atoms with Crippen LogP contribution in [0, 0.1) is 11.3 Å². The van der Waals surface area contributed by atoms with Crippen LogP contribution in [-0.4, -0.2) is 0 Å². The number of furan rings is 1. The van der Waals surface area contributed by atoms with Crippen molar-refractivity contribution in [1.82, 2.24) is 0 Å². The minimum Gasteiger partial charge on any atom is -0.453 e. The summed E-state index contributed by atoms with van der Waals surface area (Å²) in [5.74, 6) is 0.808. The summed E-state index contributed by atoms with van der Waals surface area (Å²) in [6.07, 6.45) is 3.00. The van der Waals surface area contributed by atoms with Crippen LogP contribution in [0.1, 0.15) is 25.0 Å². The van der Waals surface area contributed by atoms with Gasteiger partial charge in [0.05, 0.1) is 6.07 Å². The van der Waals surface area contributed by atoms with Crippen molar-refractivity contribution in [3.63, 3.8) is 0 Å². The lowest BCUT2D eigenvalue weighted by atomic mass is 9.68. The Morgan fingerprint density at radius 1 is 1.50 bits per heavy atom. The van der Waals surface area contributed by atoms with E-state index in [2.05, 4.69) is 22.0 Å². The Hall–Kier alpha value is -0.750. The molecule has 0 atom stereocenters. The monoisotopic (exact) mass is 225 g/mol. The van der Waals surface area contributed by atoms with Crippen LogP contribution in [0.5, 0.6) is 0 Å². The summed E-state index contributed by atoms with van der Waals surface area (Å²) >= 11 is 3.23. The molecule has 1 aromatic rings. The highest BCUT2D eigenvalue weighted by atomic mass is 79.9. The predicted octanol–water partition coefficient (Wildman–Crippen LogP) is 2.99. The zero-order chi connectivity index (χ0) is 8.60. The van der Waals surface area contributed by atoms with Crippen LogP contribution in [0.25, 0.3) is 0 Å². The second-order valence-electron chi connectivity index (χ2n) is 3.15. The predicted molar refractivity (Wildman–Crippen MR) is 47.6 cm³/mol. The van der Waals surface area contributed by atoms with Gasteiger partial charge in [-0.15, -0.1) is 0 Å². The Bertz CT molecular complexity index is 333. The van der Waals surface area contributed by atoms with Gasteiger partial charge in [0.25, 0.3) is 0 Å². The van der Waals surface area contributed by atoms with E-state index in [1.807, 2.05) is 12.1 Å². The van der Waals surface area contributed by atoms with E-state index in [1.54, 1.807) is 0 Å². The number of rotatable bonds is 1. The van der Waals surface area contributed by atoms with Gasteiger partial charge >= 0.3 is 0 Å². The van der Waals surface area contributed by atoms with E-state index in [0.29, 0.717) is 4.67 Å². The maximum absolute atomic E-state index is 8.97. The fraction of sp³-hybridized carbons (Fsp3) is 0.444. The standard InChI is InChI=1S/C9H8BrNO/c10-8-3-2-7(12-8)9(6-11)4-1-5-9/h2-3H,1,4-5H2. The van der Waals surface area contributed by atoms with Gasteiger partial charge in [-0.25, -0.2) is 0 Å². The molecular weight excluding hydrogens is 218 g/mol. The van der Waals surface area contributed by atoms with Crippen molar-refractivity contribution >= 4 is 15.9 Å². The van der Waals surface area contributed by atoms with E-state index in [4.69, 9.17) is 9.68 Å². The zero-order valence-corrected chi connectivity index (χ0v) is 8.10. The maximum atomic E-state index is 8.97. The topological polar surface area (TPSA) is 36.9 Å². The zero-order valence-electron chi connectivity index (χ0n) is 6.51. The van der Waals surface area contributed by atoms with Gasteiger partial charge in [-0.1, -0.05) is 0 Å². The number of nitrogens with zero attached hydrogens (tertiary/aromatic N) is 1. The molecule has 0 N–H and O–H groups in total. The molecule has 1 aromatic heterocycles. The summed E-state index contributed by atoms with van der Waals surface area (Å²) in [4.78, 5) is 0. The van der Waals surface area contributed by atoms with Crippen molar-refractivity contribution < 1.29 is 4.42 Å². The first-order valence-corrected chi connectivity index (χ1v) is 4.73. The smallest absolute Gasteiger partial charge is 0.169 e. The Kier molecular flexibility index (Phi) is 1.73. The molecule has 62 valence electrons. The second kappa shape index (κ2) is 2.63. The lowest BCUT2D eigenvalue weighted by Crippen LogP contribution is -2.31. The molecule has 0 amide bonds. The van der Waals surface area contributed by atoms with Gasteiger partial charge < -0.3 is 4.42 Å². The maximum Gasteiger partial charge on any atom is 0.169 e. The Morgan fingerprint density at radius 3 is 2.58 bits per heavy atom. The molecule has 0 radical (unpaired) electrons. The van der Waals surface area contributed by atoms with Crippen molar-refractivity contribution in [1.29, 1.82) is 5.26 Å². The van der Waals surface area contributed by atoms with Crippen LogP contribution in [-0.2, 0) is 5.41 Å². The first kappa shape index (κ1) is 7.88. The van der Waals surface area contributed by atoms with Gasteiger partial charge in [0.1, 0.15) is 11.2 Å². The molecule has 1 fully saturated rings. The van der Waals surface area contributed by atoms with E-state index in [-0.39, 0.29) is 5.41 Å². The van der Waals surface area contributed by atoms with Crippen molar-refractivity contribution in [2.24, 2.45) is 0 Å². The van der Waals surface area contributed by atoms with E-state index in [0.717, 1.165) is 25.0 Å². The number of halogens is 1. The first-order chi connectivity index (χ1) is 5.77. The van der Waals surface area contributed by atoms with Crippen LogP contribution in [0.4, 0.5) is 0 Å². The van der Waals surface area contributed by atoms with Crippen LogP contribution >= 0.6 is 15.9 Å². The summed E-state index contributed by atoms with van der Waals surface area (Å²) in [6.45, 7) is 0. The van der Waals surface area contributed by atoms with Crippen LogP contribution in [0.15, 0.2) is 21.2 Å². The SMILES string of the molecule is N#CC1(c2ccc(Br)o2)CCC1. The highest BCUT2D eigenvalue weighted by Gasteiger charge is 2.41. The molecule has 0 aliphatic heterocycles. The molecule has 1 saturated carbocycles. The molecule has 12 heavy (non-hydrogen) atoms.